The second-order valence-electron chi connectivity index (χ2n) is 4.24. The first kappa shape index (κ1) is 14.6. The van der Waals surface area contributed by atoms with Gasteiger partial charge in [0.25, 0.3) is 0 Å². The zero-order valence-corrected chi connectivity index (χ0v) is 12.9. The summed E-state index contributed by atoms with van der Waals surface area (Å²) in [7, 11) is 1.60. The predicted octanol–water partition coefficient (Wildman–Crippen LogP) is 4.62. The van der Waals surface area contributed by atoms with Crippen molar-refractivity contribution in [2.75, 3.05) is 7.11 Å². The molecule has 0 saturated carbocycles. The molecule has 0 amide bonds. The summed E-state index contributed by atoms with van der Waals surface area (Å²) in [6, 6.07) is 11.0. The quantitative estimate of drug-likeness (QED) is 0.748. The Morgan fingerprint density at radius 1 is 1.10 bits per heavy atom. The fourth-order valence-corrected chi connectivity index (χ4v) is 2.17. The first-order chi connectivity index (χ1) is 9.67. The summed E-state index contributed by atoms with van der Waals surface area (Å²) in [5.41, 5.74) is 1.66. The lowest BCUT2D eigenvalue weighted by Gasteiger charge is -2.13. The van der Waals surface area contributed by atoms with Gasteiger partial charge in [0.15, 0.2) is 17.8 Å². The van der Waals surface area contributed by atoms with Crippen LogP contribution in [-0.2, 0) is 6.42 Å². The predicted molar refractivity (Wildman–Crippen MR) is 82.0 cm³/mol. The second kappa shape index (κ2) is 6.57. The van der Waals surface area contributed by atoms with Gasteiger partial charge >= 0.3 is 0 Å². The molecular weight excluding hydrogens is 320 g/mol. The summed E-state index contributed by atoms with van der Waals surface area (Å²) in [4.78, 5) is 11.1. The van der Waals surface area contributed by atoms with E-state index in [0.29, 0.717) is 22.8 Å². The zero-order chi connectivity index (χ0) is 14.5. The Hall–Kier alpha value is -1.81. The van der Waals surface area contributed by atoms with Crippen molar-refractivity contribution in [3.63, 3.8) is 0 Å². The summed E-state index contributed by atoms with van der Waals surface area (Å²) in [6.07, 6.45) is 1.70. The van der Waals surface area contributed by atoms with Gasteiger partial charge in [-0.1, -0.05) is 28.9 Å². The number of carbonyl (C=O) groups is 1. The van der Waals surface area contributed by atoms with Gasteiger partial charge in [0.05, 0.1) is 12.7 Å². The third-order valence-corrected chi connectivity index (χ3v) is 3.45. The molecule has 4 heteroatoms. The van der Waals surface area contributed by atoms with Crippen molar-refractivity contribution < 1.29 is 14.3 Å². The molecule has 0 fully saturated rings. The van der Waals surface area contributed by atoms with Crippen molar-refractivity contribution in [3.05, 3.63) is 52.0 Å². The molecule has 2 aromatic rings. The maximum Gasteiger partial charge on any atom is 0.169 e. The third-order valence-electron chi connectivity index (χ3n) is 2.96. The molecule has 2 aromatic carbocycles. The number of carbonyl (C=O) groups excluding carboxylic acids is 1. The van der Waals surface area contributed by atoms with Crippen LogP contribution < -0.4 is 9.47 Å². The highest BCUT2D eigenvalue weighted by molar-refractivity contribution is 9.10. The van der Waals surface area contributed by atoms with Crippen LogP contribution in [-0.4, -0.2) is 13.4 Å². The highest BCUT2D eigenvalue weighted by Crippen LogP contribution is 2.34. The minimum Gasteiger partial charge on any atom is -0.493 e. The van der Waals surface area contributed by atoms with E-state index >= 15 is 0 Å². The van der Waals surface area contributed by atoms with Crippen LogP contribution in [0.2, 0.25) is 0 Å². The maximum absolute atomic E-state index is 11.1. The molecule has 0 unspecified atom stereocenters. The molecule has 104 valence electrons. The number of rotatable bonds is 5. The highest BCUT2D eigenvalue weighted by atomic mass is 79.9. The van der Waals surface area contributed by atoms with Crippen molar-refractivity contribution in [1.29, 1.82) is 0 Å². The number of hydrogen-bond donors (Lipinski definition) is 0. The molecule has 2 rings (SSSR count). The molecule has 0 aliphatic rings. The minimum atomic E-state index is 0.495. The van der Waals surface area contributed by atoms with E-state index < -0.39 is 0 Å². The molecule has 0 aromatic heterocycles. The van der Waals surface area contributed by atoms with E-state index in [2.05, 4.69) is 22.9 Å². The molecule has 0 N–H and O–H groups in total. The molecule has 0 saturated heterocycles. The van der Waals surface area contributed by atoms with Crippen molar-refractivity contribution in [3.8, 4) is 17.2 Å². The number of methoxy groups -OCH3 is 1. The van der Waals surface area contributed by atoms with E-state index in [-0.39, 0.29) is 0 Å². The van der Waals surface area contributed by atoms with Gasteiger partial charge in [-0.15, -0.1) is 0 Å². The summed E-state index contributed by atoms with van der Waals surface area (Å²) in [5.74, 6) is 1.74. The van der Waals surface area contributed by atoms with Crippen LogP contribution in [0.15, 0.2) is 40.9 Å². The van der Waals surface area contributed by atoms with E-state index in [1.165, 1.54) is 5.56 Å². The number of aryl methyl sites for hydroxylation is 1. The number of ether oxygens (including phenoxy) is 2. The Kier molecular flexibility index (Phi) is 4.79. The van der Waals surface area contributed by atoms with E-state index in [9.17, 15) is 4.79 Å². The Morgan fingerprint density at radius 3 is 2.55 bits per heavy atom. The van der Waals surface area contributed by atoms with Crippen molar-refractivity contribution >= 4 is 22.2 Å². The number of benzene rings is 2. The first-order valence-electron chi connectivity index (χ1n) is 6.27. The van der Waals surface area contributed by atoms with Gasteiger partial charge in [-0.25, -0.2) is 0 Å². The number of aldehydes is 1. The number of hydrogen-bond acceptors (Lipinski definition) is 3. The Balaban J connectivity index is 2.39. The van der Waals surface area contributed by atoms with Gasteiger partial charge in [-0.3, -0.25) is 4.79 Å². The fourth-order valence-electron chi connectivity index (χ4n) is 1.83. The number of halogens is 1. The maximum atomic E-state index is 11.1. The van der Waals surface area contributed by atoms with Crippen molar-refractivity contribution in [2.45, 2.75) is 13.3 Å². The largest absolute Gasteiger partial charge is 0.493 e. The van der Waals surface area contributed by atoms with Gasteiger partial charge in [0, 0.05) is 4.47 Å². The SMILES string of the molecule is CCc1ccc(Oc2cc(Br)ccc2C=O)c(OC)c1. The van der Waals surface area contributed by atoms with Gasteiger partial charge in [0.1, 0.15) is 5.75 Å². The molecule has 0 bridgehead atoms. The normalized spacial score (nSPS) is 10.2. The smallest absolute Gasteiger partial charge is 0.169 e. The summed E-state index contributed by atoms with van der Waals surface area (Å²) < 4.78 is 12.0. The van der Waals surface area contributed by atoms with Gasteiger partial charge < -0.3 is 9.47 Å². The Labute approximate surface area is 126 Å². The van der Waals surface area contributed by atoms with E-state index in [0.717, 1.165) is 17.2 Å². The molecule has 0 atom stereocenters. The van der Waals surface area contributed by atoms with Crippen LogP contribution in [0, 0.1) is 0 Å². The van der Waals surface area contributed by atoms with Crippen molar-refractivity contribution in [2.24, 2.45) is 0 Å². The zero-order valence-electron chi connectivity index (χ0n) is 11.4. The van der Waals surface area contributed by atoms with Gasteiger partial charge in [-0.05, 0) is 42.3 Å². The average Bonchev–Trinajstić information content (AvgIpc) is 2.48. The van der Waals surface area contributed by atoms with Crippen LogP contribution in [0.1, 0.15) is 22.8 Å². The summed E-state index contributed by atoms with van der Waals surface area (Å²) in [6.45, 7) is 2.08. The Bertz CT molecular complexity index is 623. The first-order valence-corrected chi connectivity index (χ1v) is 7.06. The molecule has 3 nitrogen and oxygen atoms in total. The minimum absolute atomic E-state index is 0.495. The topological polar surface area (TPSA) is 35.5 Å². The lowest BCUT2D eigenvalue weighted by Crippen LogP contribution is -1.94. The standard InChI is InChI=1S/C16H15BrO3/c1-3-11-4-7-14(16(8-11)19-2)20-15-9-13(17)6-5-12(15)10-18/h4-10H,3H2,1-2H3. The Morgan fingerprint density at radius 2 is 1.90 bits per heavy atom. The molecular formula is C16H15BrO3. The average molecular weight is 335 g/mol. The molecule has 0 heterocycles. The van der Waals surface area contributed by atoms with Crippen LogP contribution in [0.3, 0.4) is 0 Å². The highest BCUT2D eigenvalue weighted by Gasteiger charge is 2.10. The molecule has 0 spiro atoms. The van der Waals surface area contributed by atoms with Crippen LogP contribution in [0.25, 0.3) is 0 Å². The van der Waals surface area contributed by atoms with Gasteiger partial charge in [-0.2, -0.15) is 0 Å². The summed E-state index contributed by atoms with van der Waals surface area (Å²) >= 11 is 3.37. The molecule has 0 aliphatic carbocycles. The van der Waals surface area contributed by atoms with E-state index in [4.69, 9.17) is 9.47 Å². The van der Waals surface area contributed by atoms with E-state index in [1.807, 2.05) is 18.2 Å². The van der Waals surface area contributed by atoms with E-state index in [1.54, 1.807) is 25.3 Å². The molecule has 0 aliphatic heterocycles. The summed E-state index contributed by atoms with van der Waals surface area (Å²) in [5, 5.41) is 0. The second-order valence-corrected chi connectivity index (χ2v) is 5.16. The van der Waals surface area contributed by atoms with Gasteiger partial charge in [0.2, 0.25) is 0 Å². The van der Waals surface area contributed by atoms with Crippen molar-refractivity contribution in [1.82, 2.24) is 0 Å². The van der Waals surface area contributed by atoms with Crippen LogP contribution in [0.4, 0.5) is 0 Å². The fraction of sp³-hybridized carbons (Fsp3) is 0.188. The molecule has 0 radical (unpaired) electrons. The molecule has 20 heavy (non-hydrogen) atoms. The monoisotopic (exact) mass is 334 g/mol. The third kappa shape index (κ3) is 3.20. The van der Waals surface area contributed by atoms with Crippen LogP contribution >= 0.6 is 15.9 Å². The van der Waals surface area contributed by atoms with Crippen LogP contribution in [0.5, 0.6) is 17.2 Å². The lowest BCUT2D eigenvalue weighted by molar-refractivity contribution is 0.112. The lowest BCUT2D eigenvalue weighted by atomic mass is 10.1.